The highest BCUT2D eigenvalue weighted by Gasteiger charge is 2.32. The van der Waals surface area contributed by atoms with Gasteiger partial charge in [-0.15, -0.1) is 11.3 Å². The van der Waals surface area contributed by atoms with E-state index in [0.29, 0.717) is 6.54 Å². The number of aromatic nitrogens is 1. The van der Waals surface area contributed by atoms with E-state index < -0.39 is 10.0 Å². The van der Waals surface area contributed by atoms with Crippen LogP contribution in [-0.2, 0) is 16.6 Å². The fourth-order valence-corrected chi connectivity index (χ4v) is 5.55. The molecular formula is C17H14N2O2S2. The van der Waals surface area contributed by atoms with Gasteiger partial charge < -0.3 is 0 Å². The van der Waals surface area contributed by atoms with E-state index in [1.165, 1.54) is 21.8 Å². The molecule has 1 aromatic heterocycles. The molecule has 1 aliphatic heterocycles. The largest absolute Gasteiger partial charge is 0.275 e. The van der Waals surface area contributed by atoms with Crippen LogP contribution in [0.1, 0.15) is 10.6 Å². The molecule has 0 amide bonds. The molecule has 3 aromatic rings. The van der Waals surface area contributed by atoms with Gasteiger partial charge in [-0.2, -0.15) is 0 Å². The Morgan fingerprint density at radius 2 is 1.74 bits per heavy atom. The second kappa shape index (κ2) is 5.18. The molecule has 0 bridgehead atoms. The molecule has 0 atom stereocenters. The van der Waals surface area contributed by atoms with E-state index in [1.807, 2.05) is 55.5 Å². The first kappa shape index (κ1) is 14.4. The van der Waals surface area contributed by atoms with Crippen molar-refractivity contribution in [2.45, 2.75) is 17.7 Å². The third-order valence-corrected chi connectivity index (χ3v) is 7.05. The summed E-state index contributed by atoms with van der Waals surface area (Å²) in [5.74, 6) is 0. The minimum absolute atomic E-state index is 0.282. The van der Waals surface area contributed by atoms with Crippen molar-refractivity contribution < 1.29 is 8.42 Å². The van der Waals surface area contributed by atoms with Gasteiger partial charge in [-0.25, -0.2) is 13.4 Å². The zero-order valence-corrected chi connectivity index (χ0v) is 14.1. The van der Waals surface area contributed by atoms with Crippen molar-refractivity contribution in [1.82, 2.24) is 4.98 Å². The molecule has 2 aromatic carbocycles. The molecule has 4 rings (SSSR count). The predicted molar refractivity (Wildman–Crippen MR) is 92.1 cm³/mol. The van der Waals surface area contributed by atoms with Crippen LogP contribution in [0, 0.1) is 6.92 Å². The summed E-state index contributed by atoms with van der Waals surface area (Å²) in [4.78, 5) is 4.09. The summed E-state index contributed by atoms with van der Waals surface area (Å²) in [6, 6.07) is 15.6. The Morgan fingerprint density at radius 1 is 1.04 bits per heavy atom. The lowest BCUT2D eigenvalue weighted by atomic mass is 9.95. The summed E-state index contributed by atoms with van der Waals surface area (Å²) in [6.07, 6.45) is 1.44. The molecule has 6 heteroatoms. The summed E-state index contributed by atoms with van der Waals surface area (Å²) >= 11 is 1.20. The monoisotopic (exact) mass is 342 g/mol. The van der Waals surface area contributed by atoms with Crippen molar-refractivity contribution >= 4 is 27.0 Å². The molecule has 116 valence electrons. The van der Waals surface area contributed by atoms with Crippen LogP contribution in [0.25, 0.3) is 11.1 Å². The van der Waals surface area contributed by atoms with Gasteiger partial charge in [-0.05, 0) is 24.1 Å². The van der Waals surface area contributed by atoms with Crippen LogP contribution in [0.4, 0.5) is 5.69 Å². The second-order valence-corrected chi connectivity index (χ2v) is 8.71. The molecule has 23 heavy (non-hydrogen) atoms. The zero-order valence-electron chi connectivity index (χ0n) is 12.4. The van der Waals surface area contributed by atoms with Gasteiger partial charge in [0.2, 0.25) is 0 Å². The number of anilines is 1. The number of sulfonamides is 1. The van der Waals surface area contributed by atoms with Gasteiger partial charge in [0, 0.05) is 5.56 Å². The molecule has 0 N–H and O–H groups in total. The molecule has 4 nitrogen and oxygen atoms in total. The molecule has 0 fully saturated rings. The van der Waals surface area contributed by atoms with Crippen LogP contribution < -0.4 is 4.31 Å². The van der Waals surface area contributed by atoms with E-state index in [9.17, 15) is 8.42 Å². The molecule has 0 aliphatic carbocycles. The van der Waals surface area contributed by atoms with Crippen LogP contribution in [0.15, 0.2) is 58.9 Å². The van der Waals surface area contributed by atoms with Gasteiger partial charge in [-0.1, -0.05) is 42.5 Å². The number of hydrogen-bond donors (Lipinski definition) is 0. The van der Waals surface area contributed by atoms with E-state index in [2.05, 4.69) is 4.98 Å². The van der Waals surface area contributed by atoms with Crippen LogP contribution >= 0.6 is 11.3 Å². The second-order valence-electron chi connectivity index (χ2n) is 5.38. The van der Waals surface area contributed by atoms with Gasteiger partial charge in [0.05, 0.1) is 23.4 Å². The van der Waals surface area contributed by atoms with Crippen molar-refractivity contribution in [2.24, 2.45) is 0 Å². The minimum Gasteiger partial charge on any atom is -0.261 e. The maximum Gasteiger partial charge on any atom is 0.275 e. The van der Waals surface area contributed by atoms with E-state index in [4.69, 9.17) is 0 Å². The highest BCUT2D eigenvalue weighted by atomic mass is 32.2. The third kappa shape index (κ3) is 2.26. The maximum absolute atomic E-state index is 13.1. The standard InChI is InChI=1S/C17H14N2O2S2/c1-12-18-10-17(22-12)23(20,21)19-11-13-6-2-3-7-14(13)15-8-4-5-9-16(15)19/h2-10H,11H2,1H3. The number of fused-ring (bicyclic) bond motifs is 3. The van der Waals surface area contributed by atoms with Crippen molar-refractivity contribution in [3.63, 3.8) is 0 Å². The highest BCUT2D eigenvalue weighted by molar-refractivity contribution is 7.94. The lowest BCUT2D eigenvalue weighted by molar-refractivity contribution is 0.592. The average Bonchev–Trinajstić information content (AvgIpc) is 3.01. The fourth-order valence-electron chi connectivity index (χ4n) is 2.86. The first-order chi connectivity index (χ1) is 11.1. The molecule has 1 aliphatic rings. The van der Waals surface area contributed by atoms with Gasteiger partial charge in [0.1, 0.15) is 0 Å². The molecule has 2 heterocycles. The molecule has 0 saturated heterocycles. The Bertz CT molecular complexity index is 993. The van der Waals surface area contributed by atoms with Crippen LogP contribution in [-0.4, -0.2) is 13.4 Å². The van der Waals surface area contributed by atoms with Gasteiger partial charge in [-0.3, -0.25) is 4.31 Å². The van der Waals surface area contributed by atoms with Crippen LogP contribution in [0.2, 0.25) is 0 Å². The number of nitrogens with zero attached hydrogens (tertiary/aromatic N) is 2. The average molecular weight is 342 g/mol. The van der Waals surface area contributed by atoms with E-state index in [0.717, 1.165) is 27.4 Å². The smallest absolute Gasteiger partial charge is 0.261 e. The normalized spacial score (nSPS) is 13.5. The number of aryl methyl sites for hydroxylation is 1. The van der Waals surface area contributed by atoms with Crippen molar-refractivity contribution in [1.29, 1.82) is 0 Å². The Balaban J connectivity index is 1.92. The Morgan fingerprint density at radius 3 is 2.48 bits per heavy atom. The van der Waals surface area contributed by atoms with Crippen LogP contribution in [0.5, 0.6) is 0 Å². The number of para-hydroxylation sites is 1. The van der Waals surface area contributed by atoms with Gasteiger partial charge in [0.15, 0.2) is 4.21 Å². The van der Waals surface area contributed by atoms with E-state index >= 15 is 0 Å². The maximum atomic E-state index is 13.1. The summed E-state index contributed by atoms with van der Waals surface area (Å²) in [7, 11) is -3.61. The van der Waals surface area contributed by atoms with Crippen molar-refractivity contribution in [3.05, 3.63) is 65.3 Å². The number of hydrogen-bond acceptors (Lipinski definition) is 4. The lowest BCUT2D eigenvalue weighted by Crippen LogP contribution is -2.32. The fraction of sp³-hybridized carbons (Fsp3) is 0.118. The molecule has 0 spiro atoms. The number of thiazole rings is 1. The first-order valence-corrected chi connectivity index (χ1v) is 9.45. The summed E-state index contributed by atoms with van der Waals surface area (Å²) < 4.78 is 27.9. The highest BCUT2D eigenvalue weighted by Crippen LogP contribution is 2.41. The van der Waals surface area contributed by atoms with Gasteiger partial charge in [0.25, 0.3) is 10.0 Å². The quantitative estimate of drug-likeness (QED) is 0.711. The summed E-state index contributed by atoms with van der Waals surface area (Å²) in [5, 5.41) is 0.745. The minimum atomic E-state index is -3.61. The third-order valence-electron chi connectivity index (χ3n) is 3.94. The lowest BCUT2D eigenvalue weighted by Gasteiger charge is -2.31. The number of rotatable bonds is 2. The zero-order chi connectivity index (χ0) is 16.0. The van der Waals surface area contributed by atoms with Crippen LogP contribution in [0.3, 0.4) is 0 Å². The Hall–Kier alpha value is -2.18. The molecule has 0 unspecified atom stereocenters. The Labute approximate surface area is 139 Å². The Kier molecular flexibility index (Phi) is 3.25. The van der Waals surface area contributed by atoms with Crippen molar-refractivity contribution in [2.75, 3.05) is 4.31 Å². The topological polar surface area (TPSA) is 50.3 Å². The summed E-state index contributed by atoms with van der Waals surface area (Å²) in [6.45, 7) is 2.15. The van der Waals surface area contributed by atoms with Gasteiger partial charge >= 0.3 is 0 Å². The summed E-state index contributed by atoms with van der Waals surface area (Å²) in [5.41, 5.74) is 3.77. The molecule has 0 saturated carbocycles. The number of benzene rings is 2. The molecule has 0 radical (unpaired) electrons. The van der Waals surface area contributed by atoms with E-state index in [1.54, 1.807) is 0 Å². The predicted octanol–water partition coefficient (Wildman–Crippen LogP) is 3.83. The van der Waals surface area contributed by atoms with E-state index in [-0.39, 0.29) is 4.21 Å². The SMILES string of the molecule is Cc1ncc(S(=O)(=O)N2Cc3ccccc3-c3ccccc32)s1. The van der Waals surface area contributed by atoms with Crippen molar-refractivity contribution in [3.8, 4) is 11.1 Å². The molecular weight excluding hydrogens is 328 g/mol. The first-order valence-electron chi connectivity index (χ1n) is 7.20.